The van der Waals surface area contributed by atoms with Crippen LogP contribution in [0.25, 0.3) is 11.0 Å². The molecule has 1 aliphatic heterocycles. The number of imidazole rings is 1. The lowest BCUT2D eigenvalue weighted by Crippen LogP contribution is -2.33. The zero-order valence-electron chi connectivity index (χ0n) is 12.0. The van der Waals surface area contributed by atoms with E-state index in [0.29, 0.717) is 24.2 Å². The third-order valence-electron chi connectivity index (χ3n) is 4.15. The minimum absolute atomic E-state index is 0.0352. The average molecular weight is 296 g/mol. The first-order valence-electron chi connectivity index (χ1n) is 7.08. The second-order valence-corrected chi connectivity index (χ2v) is 5.83. The Kier molecular flexibility index (Phi) is 3.36. The standard InChI is InChI=1S/C15H18F2N2O2/c1-9-8-21-6-5-12(9)19-13-4-3-10(15(2,16)17)7-11(13)18-14(19)20/h3-4,7,9,12H,5-6,8H2,1-2H3,(H,18,20)/t9?,12-/m1/s1. The number of benzene rings is 1. The van der Waals surface area contributed by atoms with Gasteiger partial charge in [0.25, 0.3) is 5.92 Å². The molecule has 1 aliphatic rings. The summed E-state index contributed by atoms with van der Waals surface area (Å²) in [5.74, 6) is -2.71. The monoisotopic (exact) mass is 296 g/mol. The van der Waals surface area contributed by atoms with Crippen LogP contribution in [0.2, 0.25) is 0 Å². The van der Waals surface area contributed by atoms with Crippen molar-refractivity contribution in [1.29, 1.82) is 0 Å². The van der Waals surface area contributed by atoms with E-state index in [4.69, 9.17) is 4.74 Å². The third-order valence-corrected chi connectivity index (χ3v) is 4.15. The van der Waals surface area contributed by atoms with Crippen molar-refractivity contribution in [2.45, 2.75) is 32.2 Å². The van der Waals surface area contributed by atoms with Crippen molar-refractivity contribution < 1.29 is 13.5 Å². The Morgan fingerprint density at radius 3 is 2.86 bits per heavy atom. The Morgan fingerprint density at radius 2 is 2.19 bits per heavy atom. The highest BCUT2D eigenvalue weighted by Gasteiger charge is 2.28. The number of nitrogens with one attached hydrogen (secondary N) is 1. The number of nitrogens with zero attached hydrogens (tertiary/aromatic N) is 1. The fourth-order valence-electron chi connectivity index (χ4n) is 2.99. The van der Waals surface area contributed by atoms with Gasteiger partial charge in [0, 0.05) is 31.1 Å². The van der Waals surface area contributed by atoms with E-state index in [9.17, 15) is 13.6 Å². The van der Waals surface area contributed by atoms with Crippen LogP contribution in [0.15, 0.2) is 23.0 Å². The summed E-state index contributed by atoms with van der Waals surface area (Å²) in [6.45, 7) is 4.10. The quantitative estimate of drug-likeness (QED) is 0.926. The molecule has 6 heteroatoms. The van der Waals surface area contributed by atoms with Crippen molar-refractivity contribution in [3.8, 4) is 0 Å². The molecular weight excluding hydrogens is 278 g/mol. The van der Waals surface area contributed by atoms with Gasteiger partial charge in [0.1, 0.15) is 0 Å². The second-order valence-electron chi connectivity index (χ2n) is 5.83. The first-order valence-corrected chi connectivity index (χ1v) is 7.08. The minimum atomic E-state index is -2.92. The van der Waals surface area contributed by atoms with E-state index in [0.717, 1.165) is 13.3 Å². The molecule has 1 fully saturated rings. The normalized spacial score (nSPS) is 23.6. The van der Waals surface area contributed by atoms with Crippen molar-refractivity contribution in [1.82, 2.24) is 9.55 Å². The van der Waals surface area contributed by atoms with E-state index in [2.05, 4.69) is 4.98 Å². The Hall–Kier alpha value is -1.69. The van der Waals surface area contributed by atoms with E-state index >= 15 is 0 Å². The number of alkyl halides is 2. The fraction of sp³-hybridized carbons (Fsp3) is 0.533. The molecular formula is C15H18F2N2O2. The van der Waals surface area contributed by atoms with Gasteiger partial charge in [-0.25, -0.2) is 13.6 Å². The summed E-state index contributed by atoms with van der Waals surface area (Å²) in [7, 11) is 0. The molecule has 0 amide bonds. The van der Waals surface area contributed by atoms with Gasteiger partial charge in [-0.1, -0.05) is 13.0 Å². The summed E-state index contributed by atoms with van der Waals surface area (Å²) in [4.78, 5) is 14.9. The van der Waals surface area contributed by atoms with Crippen molar-refractivity contribution in [2.75, 3.05) is 13.2 Å². The van der Waals surface area contributed by atoms with Crippen molar-refractivity contribution >= 4 is 11.0 Å². The predicted molar refractivity (Wildman–Crippen MR) is 75.8 cm³/mol. The number of rotatable bonds is 2. The zero-order valence-corrected chi connectivity index (χ0v) is 12.0. The first-order chi connectivity index (χ1) is 9.88. The minimum Gasteiger partial charge on any atom is -0.381 e. The molecule has 1 saturated heterocycles. The Morgan fingerprint density at radius 1 is 1.43 bits per heavy atom. The lowest BCUT2D eigenvalue weighted by Gasteiger charge is -2.29. The highest BCUT2D eigenvalue weighted by Crippen LogP contribution is 2.31. The van der Waals surface area contributed by atoms with Gasteiger partial charge in [-0.15, -0.1) is 0 Å². The van der Waals surface area contributed by atoms with Gasteiger partial charge in [-0.05, 0) is 18.6 Å². The van der Waals surface area contributed by atoms with Gasteiger partial charge < -0.3 is 9.72 Å². The maximum atomic E-state index is 13.4. The van der Waals surface area contributed by atoms with E-state index in [1.807, 2.05) is 6.92 Å². The topological polar surface area (TPSA) is 47.0 Å². The molecule has 0 saturated carbocycles. The number of halogens is 2. The summed E-state index contributed by atoms with van der Waals surface area (Å²) in [5.41, 5.74) is 0.785. The number of hydrogen-bond donors (Lipinski definition) is 1. The van der Waals surface area contributed by atoms with Gasteiger partial charge >= 0.3 is 5.69 Å². The highest BCUT2D eigenvalue weighted by molar-refractivity contribution is 5.76. The summed E-state index contributed by atoms with van der Waals surface area (Å²) in [5, 5.41) is 0. The van der Waals surface area contributed by atoms with Crippen LogP contribution in [-0.2, 0) is 10.7 Å². The Labute approximate surface area is 120 Å². The zero-order chi connectivity index (χ0) is 15.2. The average Bonchev–Trinajstić information content (AvgIpc) is 2.73. The largest absolute Gasteiger partial charge is 0.381 e. The molecule has 1 unspecified atom stereocenters. The van der Waals surface area contributed by atoms with Gasteiger partial charge in [0.05, 0.1) is 17.6 Å². The predicted octanol–water partition coefficient (Wildman–Crippen LogP) is 3.04. The summed E-state index contributed by atoms with van der Waals surface area (Å²) < 4.78 is 33.9. The van der Waals surface area contributed by atoms with E-state index < -0.39 is 5.92 Å². The van der Waals surface area contributed by atoms with Crippen LogP contribution in [0, 0.1) is 5.92 Å². The molecule has 2 heterocycles. The molecule has 1 N–H and O–H groups in total. The Bertz CT molecular complexity index is 715. The van der Waals surface area contributed by atoms with Crippen LogP contribution in [0.5, 0.6) is 0 Å². The lowest BCUT2D eigenvalue weighted by atomic mass is 9.97. The maximum Gasteiger partial charge on any atom is 0.326 e. The molecule has 3 rings (SSSR count). The molecule has 1 aromatic carbocycles. The number of ether oxygens (including phenoxy) is 1. The van der Waals surface area contributed by atoms with Crippen LogP contribution in [0.4, 0.5) is 8.78 Å². The molecule has 0 aliphatic carbocycles. The highest BCUT2D eigenvalue weighted by atomic mass is 19.3. The van der Waals surface area contributed by atoms with Crippen molar-refractivity contribution in [3.63, 3.8) is 0 Å². The first kappa shape index (κ1) is 14.3. The molecule has 0 bridgehead atoms. The number of H-pyrrole nitrogens is 1. The van der Waals surface area contributed by atoms with E-state index in [-0.39, 0.29) is 23.2 Å². The number of fused-ring (bicyclic) bond motifs is 1. The van der Waals surface area contributed by atoms with Gasteiger partial charge in [0.15, 0.2) is 0 Å². The van der Waals surface area contributed by atoms with E-state index in [1.165, 1.54) is 12.1 Å². The molecule has 0 spiro atoms. The van der Waals surface area contributed by atoms with Crippen molar-refractivity contribution in [3.05, 3.63) is 34.2 Å². The van der Waals surface area contributed by atoms with E-state index in [1.54, 1.807) is 10.6 Å². The van der Waals surface area contributed by atoms with Crippen LogP contribution >= 0.6 is 0 Å². The number of hydrogen-bond acceptors (Lipinski definition) is 2. The van der Waals surface area contributed by atoms with Gasteiger partial charge in [-0.2, -0.15) is 0 Å². The van der Waals surface area contributed by atoms with Crippen LogP contribution in [0.1, 0.15) is 31.9 Å². The van der Waals surface area contributed by atoms with Gasteiger partial charge in [-0.3, -0.25) is 4.57 Å². The smallest absolute Gasteiger partial charge is 0.326 e. The second kappa shape index (κ2) is 4.94. The molecule has 2 aromatic rings. The molecule has 2 atom stereocenters. The number of aromatic amines is 1. The maximum absolute atomic E-state index is 13.4. The number of aromatic nitrogens is 2. The lowest BCUT2D eigenvalue weighted by molar-refractivity contribution is 0.0176. The van der Waals surface area contributed by atoms with Crippen LogP contribution in [-0.4, -0.2) is 22.8 Å². The summed E-state index contributed by atoms with van der Waals surface area (Å²) in [6, 6.07) is 4.38. The molecule has 21 heavy (non-hydrogen) atoms. The fourth-order valence-corrected chi connectivity index (χ4v) is 2.99. The summed E-state index contributed by atoms with van der Waals surface area (Å²) in [6.07, 6.45) is 0.750. The van der Waals surface area contributed by atoms with Gasteiger partial charge in [0.2, 0.25) is 0 Å². The Balaban J connectivity index is 2.12. The third kappa shape index (κ3) is 2.48. The molecule has 4 nitrogen and oxygen atoms in total. The van der Waals surface area contributed by atoms with Crippen LogP contribution < -0.4 is 5.69 Å². The van der Waals surface area contributed by atoms with Crippen molar-refractivity contribution in [2.24, 2.45) is 5.92 Å². The SMILES string of the molecule is CC1COCC[C@H]1n1c(=O)[nH]c2cc(C(C)(F)F)ccc21. The molecule has 1 aromatic heterocycles. The molecule has 114 valence electrons. The summed E-state index contributed by atoms with van der Waals surface area (Å²) >= 11 is 0. The van der Waals surface area contributed by atoms with Crippen LogP contribution in [0.3, 0.4) is 0 Å². The molecule has 0 radical (unpaired) electrons.